The van der Waals surface area contributed by atoms with Crippen molar-refractivity contribution in [3.63, 3.8) is 0 Å². The highest BCUT2D eigenvalue weighted by Crippen LogP contribution is 2.22. The van der Waals surface area contributed by atoms with Crippen LogP contribution in [-0.4, -0.2) is 18.6 Å². The molecule has 18 heavy (non-hydrogen) atoms. The van der Waals surface area contributed by atoms with E-state index in [0.717, 1.165) is 18.1 Å². The first-order chi connectivity index (χ1) is 8.81. The van der Waals surface area contributed by atoms with Gasteiger partial charge in [-0.05, 0) is 23.6 Å². The number of pyridine rings is 1. The predicted octanol–water partition coefficient (Wildman–Crippen LogP) is 3.31. The Morgan fingerprint density at radius 2 is 1.94 bits per heavy atom. The molecule has 0 amide bonds. The third-order valence-corrected chi connectivity index (χ3v) is 2.93. The number of nitrogens with zero attached hydrogens (tertiary/aromatic N) is 1. The molecule has 0 aliphatic heterocycles. The van der Waals surface area contributed by atoms with E-state index in [1.54, 1.807) is 13.3 Å². The van der Waals surface area contributed by atoms with Gasteiger partial charge < -0.3 is 10.1 Å². The van der Waals surface area contributed by atoms with Crippen molar-refractivity contribution in [1.82, 2.24) is 4.98 Å². The molecule has 0 fully saturated rings. The highest BCUT2D eigenvalue weighted by Gasteiger charge is 2.07. The molecule has 3 heteroatoms. The molecule has 0 saturated heterocycles. The Morgan fingerprint density at radius 3 is 2.67 bits per heavy atom. The molecule has 1 N–H and O–H groups in total. The fourth-order valence-corrected chi connectivity index (χ4v) is 1.84. The summed E-state index contributed by atoms with van der Waals surface area (Å²) in [6.07, 6.45) is 1.76. The zero-order valence-electron chi connectivity index (χ0n) is 10.8. The van der Waals surface area contributed by atoms with E-state index in [9.17, 15) is 0 Å². The Labute approximate surface area is 108 Å². The molecule has 0 aliphatic rings. The number of aromatic nitrogens is 1. The molecule has 2 rings (SSSR count). The first-order valence-corrected chi connectivity index (χ1v) is 6.09. The van der Waals surface area contributed by atoms with Gasteiger partial charge in [-0.3, -0.25) is 0 Å². The molecule has 3 nitrogen and oxygen atoms in total. The minimum Gasteiger partial charge on any atom is -0.493 e. The average Bonchev–Trinajstić information content (AvgIpc) is 2.46. The maximum absolute atomic E-state index is 5.26. The number of hydrogen-bond donors (Lipinski definition) is 1. The van der Waals surface area contributed by atoms with E-state index in [2.05, 4.69) is 41.5 Å². The summed E-state index contributed by atoms with van der Waals surface area (Å²) in [6, 6.07) is 14.2. The SMILES string of the molecule is COc1cccnc1NCC(C)c1ccccc1. The van der Waals surface area contributed by atoms with Crippen LogP contribution in [0.4, 0.5) is 5.82 Å². The van der Waals surface area contributed by atoms with Gasteiger partial charge in [-0.15, -0.1) is 0 Å². The highest BCUT2D eigenvalue weighted by molar-refractivity contribution is 5.49. The summed E-state index contributed by atoms with van der Waals surface area (Å²) >= 11 is 0. The molecule has 0 saturated carbocycles. The fourth-order valence-electron chi connectivity index (χ4n) is 1.84. The van der Waals surface area contributed by atoms with Gasteiger partial charge in [0.1, 0.15) is 0 Å². The van der Waals surface area contributed by atoms with E-state index in [1.165, 1.54) is 5.56 Å². The van der Waals surface area contributed by atoms with Crippen molar-refractivity contribution in [2.75, 3.05) is 19.0 Å². The molecule has 2 aromatic rings. The first-order valence-electron chi connectivity index (χ1n) is 6.09. The molecule has 1 aromatic heterocycles. The zero-order chi connectivity index (χ0) is 12.8. The monoisotopic (exact) mass is 242 g/mol. The van der Waals surface area contributed by atoms with Crippen molar-refractivity contribution in [3.05, 3.63) is 54.2 Å². The third kappa shape index (κ3) is 3.00. The van der Waals surface area contributed by atoms with Crippen molar-refractivity contribution >= 4 is 5.82 Å². The number of nitrogens with one attached hydrogen (secondary N) is 1. The molecule has 1 aromatic carbocycles. The number of anilines is 1. The number of methoxy groups -OCH3 is 1. The number of ether oxygens (including phenoxy) is 1. The predicted molar refractivity (Wildman–Crippen MR) is 74.1 cm³/mol. The maximum atomic E-state index is 5.26. The van der Waals surface area contributed by atoms with E-state index >= 15 is 0 Å². The minimum absolute atomic E-state index is 0.429. The van der Waals surface area contributed by atoms with Gasteiger partial charge in [-0.1, -0.05) is 37.3 Å². The molecule has 0 radical (unpaired) electrons. The number of hydrogen-bond acceptors (Lipinski definition) is 3. The molecular formula is C15H18N2O. The van der Waals surface area contributed by atoms with Gasteiger partial charge in [0.15, 0.2) is 11.6 Å². The molecule has 1 unspecified atom stereocenters. The molecule has 0 spiro atoms. The van der Waals surface area contributed by atoms with Gasteiger partial charge in [-0.25, -0.2) is 4.98 Å². The van der Waals surface area contributed by atoms with Crippen molar-refractivity contribution in [1.29, 1.82) is 0 Å². The molecule has 1 heterocycles. The third-order valence-electron chi connectivity index (χ3n) is 2.93. The molecule has 0 aliphatic carbocycles. The Balaban J connectivity index is 1.99. The quantitative estimate of drug-likeness (QED) is 0.873. The van der Waals surface area contributed by atoms with Gasteiger partial charge in [-0.2, -0.15) is 0 Å². The van der Waals surface area contributed by atoms with Crippen LogP contribution >= 0.6 is 0 Å². The lowest BCUT2D eigenvalue weighted by Crippen LogP contribution is -2.11. The van der Waals surface area contributed by atoms with Crippen molar-refractivity contribution < 1.29 is 4.74 Å². The van der Waals surface area contributed by atoms with Crippen LogP contribution in [0.15, 0.2) is 48.7 Å². The van der Waals surface area contributed by atoms with Gasteiger partial charge in [0.2, 0.25) is 0 Å². The lowest BCUT2D eigenvalue weighted by atomic mass is 10.0. The summed E-state index contributed by atoms with van der Waals surface area (Å²) in [6.45, 7) is 3.02. The van der Waals surface area contributed by atoms with Crippen LogP contribution in [0.1, 0.15) is 18.4 Å². The van der Waals surface area contributed by atoms with Gasteiger partial charge in [0.05, 0.1) is 7.11 Å². The van der Waals surface area contributed by atoms with Crippen LogP contribution in [-0.2, 0) is 0 Å². The minimum atomic E-state index is 0.429. The highest BCUT2D eigenvalue weighted by atomic mass is 16.5. The smallest absolute Gasteiger partial charge is 0.168 e. The Kier molecular flexibility index (Phi) is 4.18. The van der Waals surface area contributed by atoms with E-state index in [-0.39, 0.29) is 0 Å². The van der Waals surface area contributed by atoms with Crippen LogP contribution in [0, 0.1) is 0 Å². The second kappa shape index (κ2) is 6.05. The summed E-state index contributed by atoms with van der Waals surface area (Å²) in [7, 11) is 1.66. The van der Waals surface area contributed by atoms with Crippen LogP contribution in [0.25, 0.3) is 0 Å². The van der Waals surface area contributed by atoms with E-state index in [0.29, 0.717) is 5.92 Å². The summed E-state index contributed by atoms with van der Waals surface area (Å²) in [4.78, 5) is 4.28. The van der Waals surface area contributed by atoms with Crippen molar-refractivity contribution in [3.8, 4) is 5.75 Å². The van der Waals surface area contributed by atoms with Crippen LogP contribution < -0.4 is 10.1 Å². The molecule has 0 bridgehead atoms. The topological polar surface area (TPSA) is 34.1 Å². The molecule has 1 atom stereocenters. The van der Waals surface area contributed by atoms with Crippen LogP contribution in [0.5, 0.6) is 5.75 Å². The lowest BCUT2D eigenvalue weighted by molar-refractivity contribution is 0.414. The Hall–Kier alpha value is -2.03. The van der Waals surface area contributed by atoms with Crippen LogP contribution in [0.2, 0.25) is 0 Å². The van der Waals surface area contributed by atoms with E-state index < -0.39 is 0 Å². The number of benzene rings is 1. The van der Waals surface area contributed by atoms with Crippen LogP contribution in [0.3, 0.4) is 0 Å². The summed E-state index contributed by atoms with van der Waals surface area (Å²) in [5.74, 6) is 2.00. The van der Waals surface area contributed by atoms with Gasteiger partial charge in [0, 0.05) is 12.7 Å². The largest absolute Gasteiger partial charge is 0.493 e. The summed E-state index contributed by atoms with van der Waals surface area (Å²) in [5.41, 5.74) is 1.32. The second-order valence-corrected chi connectivity index (χ2v) is 4.25. The second-order valence-electron chi connectivity index (χ2n) is 4.25. The lowest BCUT2D eigenvalue weighted by Gasteiger charge is -2.14. The molecule has 94 valence electrons. The van der Waals surface area contributed by atoms with E-state index in [4.69, 9.17) is 4.74 Å². The number of rotatable bonds is 5. The van der Waals surface area contributed by atoms with E-state index in [1.807, 2.05) is 18.2 Å². The molecular weight excluding hydrogens is 224 g/mol. The van der Waals surface area contributed by atoms with Crippen molar-refractivity contribution in [2.24, 2.45) is 0 Å². The fraction of sp³-hybridized carbons (Fsp3) is 0.267. The Bertz CT molecular complexity index is 485. The maximum Gasteiger partial charge on any atom is 0.168 e. The first kappa shape index (κ1) is 12.4. The zero-order valence-corrected chi connectivity index (χ0v) is 10.8. The normalized spacial score (nSPS) is 11.9. The average molecular weight is 242 g/mol. The van der Waals surface area contributed by atoms with Gasteiger partial charge >= 0.3 is 0 Å². The summed E-state index contributed by atoms with van der Waals surface area (Å²) < 4.78 is 5.26. The Morgan fingerprint density at radius 1 is 1.17 bits per heavy atom. The van der Waals surface area contributed by atoms with Crippen molar-refractivity contribution in [2.45, 2.75) is 12.8 Å². The standard InChI is InChI=1S/C15H18N2O/c1-12(13-7-4-3-5-8-13)11-17-15-14(18-2)9-6-10-16-15/h3-10,12H,11H2,1-2H3,(H,16,17). The summed E-state index contributed by atoms with van der Waals surface area (Å²) in [5, 5.41) is 3.33. The van der Waals surface area contributed by atoms with Gasteiger partial charge in [0.25, 0.3) is 0 Å².